The van der Waals surface area contributed by atoms with E-state index in [1.807, 2.05) is 12.1 Å². The largest absolute Gasteiger partial charge is 0.449 e. The number of anilines is 4. The lowest BCUT2D eigenvalue weighted by Crippen LogP contribution is -2.35. The average Bonchev–Trinajstić information content (AvgIpc) is 2.93. The number of hydrogen-bond acceptors (Lipinski definition) is 7. The van der Waals surface area contributed by atoms with Crippen LogP contribution in [0.2, 0.25) is 5.02 Å². The molecule has 1 saturated heterocycles. The predicted molar refractivity (Wildman–Crippen MR) is 160 cm³/mol. The van der Waals surface area contributed by atoms with Crippen LogP contribution < -0.4 is 20.9 Å². The van der Waals surface area contributed by atoms with Gasteiger partial charge in [-0.2, -0.15) is 0 Å². The Morgan fingerprint density at radius 3 is 2.24 bits per heavy atom. The van der Waals surface area contributed by atoms with Crippen LogP contribution in [0.25, 0.3) is 0 Å². The number of carbonyl (C=O) groups is 3. The van der Waals surface area contributed by atoms with Crippen molar-refractivity contribution in [3.05, 3.63) is 77.6 Å². The highest BCUT2D eigenvalue weighted by Crippen LogP contribution is 2.28. The first-order valence-corrected chi connectivity index (χ1v) is 13.7. The Morgan fingerprint density at radius 1 is 0.902 bits per heavy atom. The van der Waals surface area contributed by atoms with Gasteiger partial charge in [0.25, 0.3) is 5.91 Å². The molecule has 3 aromatic rings. The molecule has 0 saturated carbocycles. The van der Waals surface area contributed by atoms with Gasteiger partial charge in [-0.1, -0.05) is 11.6 Å². The highest BCUT2D eigenvalue weighted by molar-refractivity contribution is 6.30. The number of ether oxygens (including phenoxy) is 2. The summed E-state index contributed by atoms with van der Waals surface area (Å²) in [7, 11) is 0. The van der Waals surface area contributed by atoms with Crippen LogP contribution in [0.15, 0.2) is 67.0 Å². The Balaban J connectivity index is 1.40. The molecule has 3 amide bonds. The second kappa shape index (κ2) is 13.4. The third-order valence-corrected chi connectivity index (χ3v) is 6.60. The Morgan fingerprint density at radius 2 is 1.59 bits per heavy atom. The average molecular weight is 580 g/mol. The zero-order chi connectivity index (χ0) is 29.4. The van der Waals surface area contributed by atoms with E-state index >= 15 is 0 Å². The highest BCUT2D eigenvalue weighted by atomic mass is 35.5. The molecule has 1 aliphatic heterocycles. The van der Waals surface area contributed by atoms with Crippen molar-refractivity contribution in [1.29, 1.82) is 0 Å². The third kappa shape index (κ3) is 9.11. The maximum atomic E-state index is 12.8. The lowest BCUT2D eigenvalue weighted by atomic mass is 9.97. The van der Waals surface area contributed by atoms with Crippen LogP contribution in [0, 0.1) is 5.92 Å². The zero-order valence-corrected chi connectivity index (χ0v) is 24.0. The number of carbonyl (C=O) groups excluding carboxylic acids is 3. The summed E-state index contributed by atoms with van der Waals surface area (Å²) in [6, 6.07) is 15.1. The molecule has 1 fully saturated rings. The molecule has 10 nitrogen and oxygen atoms in total. The van der Waals surface area contributed by atoms with Crippen molar-refractivity contribution >= 4 is 52.4 Å². The van der Waals surface area contributed by atoms with Gasteiger partial charge in [0.05, 0.1) is 18.0 Å². The first-order chi connectivity index (χ1) is 19.6. The van der Waals surface area contributed by atoms with Crippen molar-refractivity contribution in [2.45, 2.75) is 39.2 Å². The van der Waals surface area contributed by atoms with Gasteiger partial charge in [0.2, 0.25) is 0 Å². The van der Waals surface area contributed by atoms with Crippen LogP contribution in [0.5, 0.6) is 0 Å². The molecule has 0 atom stereocenters. The number of halogens is 1. The Kier molecular flexibility index (Phi) is 9.67. The van der Waals surface area contributed by atoms with Gasteiger partial charge >= 0.3 is 12.2 Å². The summed E-state index contributed by atoms with van der Waals surface area (Å²) < 4.78 is 10.9. The quantitative estimate of drug-likeness (QED) is 0.281. The molecule has 216 valence electrons. The molecule has 3 N–H and O–H groups in total. The van der Waals surface area contributed by atoms with Crippen molar-refractivity contribution in [3.8, 4) is 0 Å². The van der Waals surface area contributed by atoms with E-state index in [9.17, 15) is 14.4 Å². The lowest BCUT2D eigenvalue weighted by molar-refractivity contribution is 0.0635. The van der Waals surface area contributed by atoms with Crippen molar-refractivity contribution in [1.82, 2.24) is 4.98 Å². The Bertz CT molecular complexity index is 1350. The molecular formula is C30H34ClN5O5. The van der Waals surface area contributed by atoms with Gasteiger partial charge in [0.15, 0.2) is 0 Å². The summed E-state index contributed by atoms with van der Waals surface area (Å²) in [5.74, 6) is -0.171. The van der Waals surface area contributed by atoms with Crippen molar-refractivity contribution in [2.75, 3.05) is 40.5 Å². The normalized spacial score (nSPS) is 13.7. The highest BCUT2D eigenvalue weighted by Gasteiger charge is 2.22. The summed E-state index contributed by atoms with van der Waals surface area (Å²) in [6.07, 6.45) is 4.00. The summed E-state index contributed by atoms with van der Waals surface area (Å²) in [5.41, 5.74) is 1.76. The van der Waals surface area contributed by atoms with E-state index in [1.54, 1.807) is 69.6 Å². The van der Waals surface area contributed by atoms with Crippen LogP contribution in [0.1, 0.15) is 44.0 Å². The van der Waals surface area contributed by atoms with Gasteiger partial charge in [-0.15, -0.1) is 0 Å². The van der Waals surface area contributed by atoms with Crippen LogP contribution in [-0.2, 0) is 9.47 Å². The number of piperidine rings is 1. The van der Waals surface area contributed by atoms with Crippen molar-refractivity contribution < 1.29 is 23.9 Å². The molecule has 1 aliphatic rings. The van der Waals surface area contributed by atoms with E-state index in [0.717, 1.165) is 31.6 Å². The number of benzene rings is 2. The van der Waals surface area contributed by atoms with Gasteiger partial charge in [0.1, 0.15) is 5.60 Å². The van der Waals surface area contributed by atoms with Crippen LogP contribution in [-0.4, -0.2) is 48.4 Å². The molecule has 2 aromatic carbocycles. The smallest absolute Gasteiger partial charge is 0.412 e. The lowest BCUT2D eigenvalue weighted by Gasteiger charge is -2.33. The molecule has 4 rings (SSSR count). The monoisotopic (exact) mass is 579 g/mol. The minimum atomic E-state index is -0.685. The first-order valence-electron chi connectivity index (χ1n) is 13.4. The number of nitrogens with one attached hydrogen (secondary N) is 3. The molecule has 1 aromatic heterocycles. The minimum Gasteiger partial charge on any atom is -0.449 e. The maximum Gasteiger partial charge on any atom is 0.412 e. The number of pyridine rings is 1. The summed E-state index contributed by atoms with van der Waals surface area (Å²) >= 11 is 5.94. The molecule has 11 heteroatoms. The molecule has 0 aliphatic carbocycles. The van der Waals surface area contributed by atoms with E-state index in [-0.39, 0.29) is 18.2 Å². The van der Waals surface area contributed by atoms with E-state index in [0.29, 0.717) is 22.0 Å². The molecule has 0 unspecified atom stereocenters. The van der Waals surface area contributed by atoms with Crippen LogP contribution in [0.4, 0.5) is 32.3 Å². The molecule has 0 radical (unpaired) electrons. The van der Waals surface area contributed by atoms with Crippen molar-refractivity contribution in [2.24, 2.45) is 5.92 Å². The number of rotatable bonds is 7. The van der Waals surface area contributed by atoms with E-state index in [1.165, 1.54) is 6.07 Å². The zero-order valence-electron chi connectivity index (χ0n) is 23.3. The van der Waals surface area contributed by atoms with Crippen molar-refractivity contribution in [3.63, 3.8) is 0 Å². The second-order valence-electron chi connectivity index (χ2n) is 10.7. The first kappa shape index (κ1) is 29.7. The Labute approximate surface area is 244 Å². The topological polar surface area (TPSA) is 122 Å². The van der Waals surface area contributed by atoms with Gasteiger partial charge in [-0.25, -0.2) is 9.59 Å². The number of aromatic nitrogens is 1. The third-order valence-electron chi connectivity index (χ3n) is 6.35. The van der Waals surface area contributed by atoms with E-state index in [2.05, 4.69) is 25.8 Å². The standard InChI is InChI=1S/C30H34ClN5O5/c1-30(2,3)41-29(39)33-23-8-9-25(34-27(37)21-4-6-22(31)7-5-21)26(18-23)35-28(38)40-19-20-12-16-36(17-13-20)24-10-14-32-15-11-24/h4-11,14-15,18,20H,12-13,16-17,19H2,1-3H3,(H,33,39)(H,34,37)(H,35,38). The van der Waals surface area contributed by atoms with Gasteiger partial charge in [-0.05, 0) is 94.1 Å². The van der Waals surface area contributed by atoms with E-state index < -0.39 is 23.7 Å². The van der Waals surface area contributed by atoms with Crippen LogP contribution in [0.3, 0.4) is 0 Å². The molecular weight excluding hydrogens is 546 g/mol. The second-order valence-corrected chi connectivity index (χ2v) is 11.1. The number of nitrogens with zero attached hydrogens (tertiary/aromatic N) is 2. The predicted octanol–water partition coefficient (Wildman–Crippen LogP) is 6.80. The molecule has 0 bridgehead atoms. The fraction of sp³-hybridized carbons (Fsp3) is 0.333. The van der Waals surface area contributed by atoms with Crippen LogP contribution >= 0.6 is 11.6 Å². The SMILES string of the molecule is CC(C)(C)OC(=O)Nc1ccc(NC(=O)c2ccc(Cl)cc2)c(NC(=O)OCC2CCN(c3ccncc3)CC2)c1. The fourth-order valence-electron chi connectivity index (χ4n) is 4.30. The number of hydrogen-bond donors (Lipinski definition) is 3. The summed E-state index contributed by atoms with van der Waals surface area (Å²) in [6.45, 7) is 7.26. The minimum absolute atomic E-state index is 0.225. The molecule has 41 heavy (non-hydrogen) atoms. The van der Waals surface area contributed by atoms with E-state index in [4.69, 9.17) is 21.1 Å². The van der Waals surface area contributed by atoms with Gasteiger partial charge in [0, 0.05) is 47.4 Å². The number of amides is 3. The molecule has 0 spiro atoms. The maximum absolute atomic E-state index is 12.8. The van der Waals surface area contributed by atoms with Gasteiger partial charge < -0.3 is 19.7 Å². The Hall–Kier alpha value is -4.31. The fourth-order valence-corrected chi connectivity index (χ4v) is 4.43. The molecule has 2 heterocycles. The summed E-state index contributed by atoms with van der Waals surface area (Å²) in [4.78, 5) is 44.3. The summed E-state index contributed by atoms with van der Waals surface area (Å²) in [5, 5.41) is 8.65. The van der Waals surface area contributed by atoms with Gasteiger partial charge in [-0.3, -0.25) is 20.4 Å².